The van der Waals surface area contributed by atoms with Gasteiger partial charge in [-0.05, 0) is 31.6 Å². The highest BCUT2D eigenvalue weighted by Gasteiger charge is 2.39. The van der Waals surface area contributed by atoms with Crippen LogP contribution in [0.15, 0.2) is 0 Å². The Morgan fingerprint density at radius 2 is 2.00 bits per heavy atom. The Bertz CT molecular complexity index is 370. The Labute approximate surface area is 120 Å². The Morgan fingerprint density at radius 3 is 2.60 bits per heavy atom. The molecule has 5 heteroatoms. The molecule has 0 aromatic rings. The zero-order valence-electron chi connectivity index (χ0n) is 12.5. The van der Waals surface area contributed by atoms with E-state index in [1.165, 1.54) is 6.42 Å². The van der Waals surface area contributed by atoms with Crippen LogP contribution in [-0.2, 0) is 4.79 Å². The van der Waals surface area contributed by atoms with Gasteiger partial charge in [0.05, 0.1) is 5.92 Å². The van der Waals surface area contributed by atoms with Crippen molar-refractivity contribution in [3.63, 3.8) is 0 Å². The molecule has 1 N–H and O–H groups in total. The lowest BCUT2D eigenvalue weighted by Gasteiger charge is -2.38. The third-order valence-electron chi connectivity index (χ3n) is 4.69. The average Bonchev–Trinajstić information content (AvgIpc) is 2.81. The monoisotopic (exact) mass is 282 g/mol. The number of carbonyl (C=O) groups is 2. The van der Waals surface area contributed by atoms with Gasteiger partial charge in [-0.1, -0.05) is 20.3 Å². The molecule has 114 valence electrons. The standard InChI is InChI=1S/C15H26N2O3/c1-3-6-12-7-4-5-8-17(12)15(20)16-9-11(2)13(10-16)14(18)19/h11-13H,3-10H2,1-2H3,(H,18,19). The summed E-state index contributed by atoms with van der Waals surface area (Å²) < 4.78 is 0. The molecule has 0 aliphatic carbocycles. The summed E-state index contributed by atoms with van der Waals surface area (Å²) in [5.41, 5.74) is 0. The second-order valence-corrected chi connectivity index (χ2v) is 6.24. The number of carboxylic acid groups (broad SMARTS) is 1. The Kier molecular flexibility index (Phi) is 4.89. The fraction of sp³-hybridized carbons (Fsp3) is 0.867. The highest BCUT2D eigenvalue weighted by Crippen LogP contribution is 2.27. The normalized spacial score (nSPS) is 30.6. The Morgan fingerprint density at radius 1 is 1.25 bits per heavy atom. The first-order chi connectivity index (χ1) is 9.54. The highest BCUT2D eigenvalue weighted by molar-refractivity contribution is 5.78. The van der Waals surface area contributed by atoms with Crippen molar-refractivity contribution in [2.24, 2.45) is 11.8 Å². The number of carbonyl (C=O) groups excluding carboxylic acids is 1. The molecule has 2 heterocycles. The van der Waals surface area contributed by atoms with E-state index in [9.17, 15) is 14.7 Å². The van der Waals surface area contributed by atoms with Crippen molar-refractivity contribution in [2.75, 3.05) is 19.6 Å². The fourth-order valence-electron chi connectivity index (χ4n) is 3.51. The number of urea groups is 1. The van der Waals surface area contributed by atoms with Crippen LogP contribution in [-0.4, -0.2) is 52.6 Å². The summed E-state index contributed by atoms with van der Waals surface area (Å²) in [5.74, 6) is -1.14. The molecule has 3 atom stereocenters. The molecular weight excluding hydrogens is 256 g/mol. The second-order valence-electron chi connectivity index (χ2n) is 6.24. The predicted molar refractivity (Wildman–Crippen MR) is 76.5 cm³/mol. The highest BCUT2D eigenvalue weighted by atomic mass is 16.4. The number of aliphatic carboxylic acids is 1. The molecule has 0 radical (unpaired) electrons. The molecule has 2 rings (SSSR count). The summed E-state index contributed by atoms with van der Waals surface area (Å²) in [6.07, 6.45) is 5.49. The first-order valence-electron chi connectivity index (χ1n) is 7.83. The lowest BCUT2D eigenvalue weighted by atomic mass is 9.98. The number of likely N-dealkylation sites (tertiary alicyclic amines) is 2. The van der Waals surface area contributed by atoms with Gasteiger partial charge in [-0.2, -0.15) is 0 Å². The van der Waals surface area contributed by atoms with E-state index in [1.807, 2.05) is 11.8 Å². The lowest BCUT2D eigenvalue weighted by molar-refractivity contribution is -0.142. The Balaban J connectivity index is 2.01. The maximum atomic E-state index is 12.7. The van der Waals surface area contributed by atoms with E-state index in [1.54, 1.807) is 4.90 Å². The lowest BCUT2D eigenvalue weighted by Crippen LogP contribution is -2.49. The van der Waals surface area contributed by atoms with Crippen molar-refractivity contribution in [1.29, 1.82) is 0 Å². The quantitative estimate of drug-likeness (QED) is 0.864. The van der Waals surface area contributed by atoms with E-state index in [0.717, 1.165) is 32.2 Å². The van der Waals surface area contributed by atoms with E-state index in [0.29, 0.717) is 19.1 Å². The van der Waals surface area contributed by atoms with Gasteiger partial charge in [0.2, 0.25) is 0 Å². The van der Waals surface area contributed by atoms with Gasteiger partial charge in [-0.15, -0.1) is 0 Å². The Hall–Kier alpha value is -1.26. The summed E-state index contributed by atoms with van der Waals surface area (Å²) in [6, 6.07) is 0.402. The molecular formula is C15H26N2O3. The number of hydrogen-bond acceptors (Lipinski definition) is 2. The number of nitrogens with zero attached hydrogens (tertiary/aromatic N) is 2. The smallest absolute Gasteiger partial charge is 0.320 e. The van der Waals surface area contributed by atoms with Crippen molar-refractivity contribution >= 4 is 12.0 Å². The minimum Gasteiger partial charge on any atom is -0.481 e. The van der Waals surface area contributed by atoms with Crippen LogP contribution < -0.4 is 0 Å². The summed E-state index contributed by atoms with van der Waals surface area (Å²) >= 11 is 0. The zero-order chi connectivity index (χ0) is 14.7. The summed E-state index contributed by atoms with van der Waals surface area (Å²) in [6.45, 7) is 5.84. The molecule has 0 aromatic heterocycles. The number of rotatable bonds is 3. The third-order valence-corrected chi connectivity index (χ3v) is 4.69. The summed E-state index contributed by atoms with van der Waals surface area (Å²) in [7, 11) is 0. The summed E-state index contributed by atoms with van der Waals surface area (Å²) in [4.78, 5) is 27.6. The van der Waals surface area contributed by atoms with E-state index >= 15 is 0 Å². The number of carboxylic acids is 1. The average molecular weight is 282 g/mol. The van der Waals surface area contributed by atoms with Gasteiger partial charge in [0.15, 0.2) is 0 Å². The minimum atomic E-state index is -0.781. The van der Waals surface area contributed by atoms with E-state index < -0.39 is 11.9 Å². The molecule has 5 nitrogen and oxygen atoms in total. The molecule has 0 aromatic carbocycles. The van der Waals surface area contributed by atoms with E-state index in [2.05, 4.69) is 6.92 Å². The van der Waals surface area contributed by atoms with Crippen LogP contribution in [0.3, 0.4) is 0 Å². The van der Waals surface area contributed by atoms with Crippen molar-refractivity contribution in [3.8, 4) is 0 Å². The van der Waals surface area contributed by atoms with Crippen molar-refractivity contribution < 1.29 is 14.7 Å². The van der Waals surface area contributed by atoms with Gasteiger partial charge < -0.3 is 14.9 Å². The fourth-order valence-corrected chi connectivity index (χ4v) is 3.51. The molecule has 2 amide bonds. The SMILES string of the molecule is CCCC1CCCCN1C(=O)N1CC(C)C(C(=O)O)C1. The molecule has 0 spiro atoms. The van der Waals surface area contributed by atoms with Crippen molar-refractivity contribution in [2.45, 2.75) is 52.0 Å². The van der Waals surface area contributed by atoms with E-state index in [-0.39, 0.29) is 11.9 Å². The van der Waals surface area contributed by atoms with Crippen LogP contribution in [0, 0.1) is 11.8 Å². The van der Waals surface area contributed by atoms with Crippen molar-refractivity contribution in [3.05, 3.63) is 0 Å². The largest absolute Gasteiger partial charge is 0.481 e. The van der Waals surface area contributed by atoms with Crippen LogP contribution in [0.4, 0.5) is 4.79 Å². The summed E-state index contributed by atoms with van der Waals surface area (Å²) in [5, 5.41) is 9.18. The van der Waals surface area contributed by atoms with Gasteiger partial charge in [0.25, 0.3) is 0 Å². The second kappa shape index (κ2) is 6.46. The zero-order valence-corrected chi connectivity index (χ0v) is 12.5. The molecule has 2 fully saturated rings. The van der Waals surface area contributed by atoms with Crippen molar-refractivity contribution in [1.82, 2.24) is 9.80 Å². The van der Waals surface area contributed by atoms with Crippen LogP contribution in [0.25, 0.3) is 0 Å². The number of piperidine rings is 1. The first kappa shape index (κ1) is 15.1. The molecule has 2 saturated heterocycles. The predicted octanol–water partition coefficient (Wildman–Crippen LogP) is 2.41. The maximum Gasteiger partial charge on any atom is 0.320 e. The number of hydrogen-bond donors (Lipinski definition) is 1. The van der Waals surface area contributed by atoms with Gasteiger partial charge in [-0.3, -0.25) is 4.79 Å². The molecule has 0 bridgehead atoms. The number of amides is 2. The van der Waals surface area contributed by atoms with Gasteiger partial charge in [0, 0.05) is 25.7 Å². The van der Waals surface area contributed by atoms with Crippen LogP contribution in [0.2, 0.25) is 0 Å². The van der Waals surface area contributed by atoms with Gasteiger partial charge in [-0.25, -0.2) is 4.79 Å². The minimum absolute atomic E-state index is 0.0471. The molecule has 20 heavy (non-hydrogen) atoms. The van der Waals surface area contributed by atoms with E-state index in [4.69, 9.17) is 0 Å². The van der Waals surface area contributed by atoms with Crippen LogP contribution in [0.5, 0.6) is 0 Å². The van der Waals surface area contributed by atoms with Crippen LogP contribution in [0.1, 0.15) is 46.0 Å². The molecule has 2 aliphatic heterocycles. The maximum absolute atomic E-state index is 12.7. The third kappa shape index (κ3) is 3.07. The van der Waals surface area contributed by atoms with Gasteiger partial charge >= 0.3 is 12.0 Å². The topological polar surface area (TPSA) is 60.9 Å². The molecule has 0 saturated carbocycles. The van der Waals surface area contributed by atoms with Crippen LogP contribution >= 0.6 is 0 Å². The molecule has 2 aliphatic rings. The molecule has 3 unspecified atom stereocenters. The first-order valence-corrected chi connectivity index (χ1v) is 7.83. The van der Waals surface area contributed by atoms with Gasteiger partial charge in [0.1, 0.15) is 0 Å².